The van der Waals surface area contributed by atoms with Crippen LogP contribution in [0.4, 0.5) is 0 Å². The average Bonchev–Trinajstić information content (AvgIpc) is 2.63. The monoisotopic (exact) mass is 284 g/mol. The fraction of sp³-hybridized carbons (Fsp3) is 0.600. The molecule has 18 heavy (non-hydrogen) atoms. The van der Waals surface area contributed by atoms with Crippen LogP contribution in [0.3, 0.4) is 0 Å². The molecule has 0 radical (unpaired) electrons. The van der Waals surface area contributed by atoms with Gasteiger partial charge >= 0.3 is 0 Å². The van der Waals surface area contributed by atoms with Gasteiger partial charge in [-0.25, -0.2) is 0 Å². The van der Waals surface area contributed by atoms with Crippen molar-refractivity contribution in [3.63, 3.8) is 0 Å². The summed E-state index contributed by atoms with van der Waals surface area (Å²) in [4.78, 5) is 0. The Hall–Kier alpha value is -0.400. The summed E-state index contributed by atoms with van der Waals surface area (Å²) in [6, 6.07) is 8.03. The zero-order valence-electron chi connectivity index (χ0n) is 10.4. The van der Waals surface area contributed by atoms with Gasteiger partial charge in [0.05, 0.1) is 10.8 Å². The number of halogens is 2. The Morgan fingerprint density at radius 2 is 1.67 bits per heavy atom. The van der Waals surface area contributed by atoms with Crippen molar-refractivity contribution in [3.05, 3.63) is 29.8 Å². The molecule has 1 aromatic rings. The van der Waals surface area contributed by atoms with Crippen LogP contribution < -0.4 is 4.74 Å². The maximum Gasteiger partial charge on any atom is 0.127 e. The number of alkyl halides is 2. The van der Waals surface area contributed by atoms with Crippen LogP contribution in [0.5, 0.6) is 5.75 Å². The normalized spacial score (nSPS) is 30.3. The minimum atomic E-state index is -0.251. The highest BCUT2D eigenvalue weighted by Crippen LogP contribution is 2.50. The molecule has 2 aliphatic rings. The van der Waals surface area contributed by atoms with Gasteiger partial charge in [0.15, 0.2) is 0 Å². The van der Waals surface area contributed by atoms with Crippen LogP contribution in [0.25, 0.3) is 0 Å². The molecule has 1 aliphatic heterocycles. The summed E-state index contributed by atoms with van der Waals surface area (Å²) in [6.45, 7) is 0. The SMILES string of the molecule is Cl[C@@H]1c2ccccc2OC2(CCCCCC2)[C@@H]1Cl. The van der Waals surface area contributed by atoms with Crippen molar-refractivity contribution in [3.8, 4) is 5.75 Å². The van der Waals surface area contributed by atoms with E-state index in [1.54, 1.807) is 0 Å². The summed E-state index contributed by atoms with van der Waals surface area (Å²) in [5.74, 6) is 0.927. The lowest BCUT2D eigenvalue weighted by Gasteiger charge is -2.44. The Morgan fingerprint density at radius 1 is 1.00 bits per heavy atom. The standard InChI is InChI=1S/C15H18Cl2O/c16-13-11-7-3-4-8-12(11)18-15(14(13)17)9-5-1-2-6-10-15/h3-4,7-8,13-14H,1-2,5-6,9-10H2/t13-,14-/m1/s1. The molecule has 0 N–H and O–H groups in total. The minimum absolute atomic E-state index is 0.132. The molecule has 0 aromatic heterocycles. The van der Waals surface area contributed by atoms with Gasteiger partial charge in [-0.05, 0) is 31.7 Å². The molecule has 1 aliphatic carbocycles. The Balaban J connectivity index is 1.98. The summed E-state index contributed by atoms with van der Waals surface area (Å²) >= 11 is 13.2. The van der Waals surface area contributed by atoms with Gasteiger partial charge in [-0.3, -0.25) is 0 Å². The summed E-state index contributed by atoms with van der Waals surface area (Å²) in [7, 11) is 0. The van der Waals surface area contributed by atoms with Gasteiger partial charge in [-0.2, -0.15) is 0 Å². The topological polar surface area (TPSA) is 9.23 Å². The van der Waals surface area contributed by atoms with E-state index < -0.39 is 0 Å². The van der Waals surface area contributed by atoms with Gasteiger partial charge in [0.2, 0.25) is 0 Å². The van der Waals surface area contributed by atoms with E-state index in [9.17, 15) is 0 Å². The fourth-order valence-electron chi connectivity index (χ4n) is 3.21. The first-order chi connectivity index (χ1) is 8.73. The van der Waals surface area contributed by atoms with Crippen molar-refractivity contribution in [2.24, 2.45) is 0 Å². The first kappa shape index (κ1) is 12.6. The average molecular weight is 285 g/mol. The molecule has 3 rings (SSSR count). The van der Waals surface area contributed by atoms with Crippen molar-refractivity contribution < 1.29 is 4.74 Å². The van der Waals surface area contributed by atoms with Crippen LogP contribution in [0, 0.1) is 0 Å². The molecular formula is C15H18Cl2O. The first-order valence-corrected chi connectivity index (χ1v) is 7.66. The summed E-state index contributed by atoms with van der Waals surface area (Å²) in [5.41, 5.74) is 0.785. The summed E-state index contributed by atoms with van der Waals surface area (Å²) in [6.07, 6.45) is 6.99. The molecular weight excluding hydrogens is 267 g/mol. The predicted octanol–water partition coefficient (Wildman–Crippen LogP) is 5.06. The lowest BCUT2D eigenvalue weighted by atomic mass is 9.84. The Morgan fingerprint density at radius 3 is 2.39 bits per heavy atom. The van der Waals surface area contributed by atoms with Gasteiger partial charge < -0.3 is 4.74 Å². The van der Waals surface area contributed by atoms with Gasteiger partial charge in [0.1, 0.15) is 11.4 Å². The Bertz CT molecular complexity index is 424. The van der Waals surface area contributed by atoms with Crippen LogP contribution in [0.1, 0.15) is 49.5 Å². The van der Waals surface area contributed by atoms with Crippen LogP contribution in [-0.4, -0.2) is 11.0 Å². The summed E-state index contributed by atoms with van der Waals surface area (Å²) in [5, 5.41) is -0.276. The first-order valence-electron chi connectivity index (χ1n) is 6.79. The summed E-state index contributed by atoms with van der Waals surface area (Å²) < 4.78 is 6.31. The smallest absolute Gasteiger partial charge is 0.127 e. The van der Waals surface area contributed by atoms with E-state index in [2.05, 4.69) is 0 Å². The van der Waals surface area contributed by atoms with E-state index in [0.29, 0.717) is 0 Å². The zero-order valence-corrected chi connectivity index (χ0v) is 11.9. The fourth-order valence-corrected chi connectivity index (χ4v) is 4.01. The second-order valence-corrected chi connectivity index (χ2v) is 6.36. The number of para-hydroxylation sites is 1. The van der Waals surface area contributed by atoms with Crippen molar-refractivity contribution in [1.29, 1.82) is 0 Å². The van der Waals surface area contributed by atoms with E-state index in [1.807, 2.05) is 24.3 Å². The molecule has 1 fully saturated rings. The second kappa shape index (κ2) is 4.94. The third-order valence-electron chi connectivity index (χ3n) is 4.24. The molecule has 0 unspecified atom stereocenters. The molecule has 3 heteroatoms. The molecule has 2 atom stereocenters. The highest BCUT2D eigenvalue weighted by molar-refractivity contribution is 6.31. The molecule has 0 bridgehead atoms. The molecule has 1 spiro atoms. The van der Waals surface area contributed by atoms with E-state index in [4.69, 9.17) is 27.9 Å². The second-order valence-electron chi connectivity index (χ2n) is 5.42. The Labute approximate surface area is 118 Å². The van der Waals surface area contributed by atoms with Crippen molar-refractivity contribution in [2.45, 2.75) is 54.9 Å². The predicted molar refractivity (Wildman–Crippen MR) is 75.7 cm³/mol. The number of hydrogen-bond acceptors (Lipinski definition) is 1. The van der Waals surface area contributed by atoms with E-state index in [1.165, 1.54) is 25.7 Å². The largest absolute Gasteiger partial charge is 0.485 e. The van der Waals surface area contributed by atoms with Crippen molar-refractivity contribution in [2.75, 3.05) is 0 Å². The molecule has 1 saturated carbocycles. The number of benzene rings is 1. The highest BCUT2D eigenvalue weighted by atomic mass is 35.5. The Kier molecular flexibility index (Phi) is 3.46. The van der Waals surface area contributed by atoms with Crippen LogP contribution >= 0.6 is 23.2 Å². The zero-order chi connectivity index (χ0) is 12.6. The van der Waals surface area contributed by atoms with Crippen molar-refractivity contribution in [1.82, 2.24) is 0 Å². The van der Waals surface area contributed by atoms with E-state index in [-0.39, 0.29) is 16.4 Å². The van der Waals surface area contributed by atoms with Gasteiger partial charge in [0, 0.05) is 5.56 Å². The maximum absolute atomic E-state index is 6.65. The molecule has 0 amide bonds. The highest BCUT2D eigenvalue weighted by Gasteiger charge is 2.48. The minimum Gasteiger partial charge on any atom is -0.485 e. The van der Waals surface area contributed by atoms with Gasteiger partial charge in [-0.15, -0.1) is 23.2 Å². The third kappa shape index (κ3) is 2.02. The van der Waals surface area contributed by atoms with Crippen LogP contribution in [0.15, 0.2) is 24.3 Å². The third-order valence-corrected chi connectivity index (χ3v) is 5.50. The quantitative estimate of drug-likeness (QED) is 0.605. The number of fused-ring (bicyclic) bond motifs is 1. The van der Waals surface area contributed by atoms with Gasteiger partial charge in [0.25, 0.3) is 0 Å². The lowest BCUT2D eigenvalue weighted by Crippen LogP contribution is -2.49. The van der Waals surface area contributed by atoms with E-state index >= 15 is 0 Å². The lowest BCUT2D eigenvalue weighted by molar-refractivity contribution is 0.0335. The van der Waals surface area contributed by atoms with E-state index in [0.717, 1.165) is 24.2 Å². The molecule has 1 nitrogen and oxygen atoms in total. The van der Waals surface area contributed by atoms with Crippen molar-refractivity contribution >= 4 is 23.2 Å². The molecule has 1 aromatic carbocycles. The number of ether oxygens (including phenoxy) is 1. The molecule has 1 heterocycles. The molecule has 98 valence electrons. The van der Waals surface area contributed by atoms with Crippen LogP contribution in [-0.2, 0) is 0 Å². The number of rotatable bonds is 0. The maximum atomic E-state index is 6.65. The number of hydrogen-bond donors (Lipinski definition) is 0. The molecule has 0 saturated heterocycles. The van der Waals surface area contributed by atoms with Gasteiger partial charge in [-0.1, -0.05) is 31.0 Å². The van der Waals surface area contributed by atoms with Crippen LogP contribution in [0.2, 0.25) is 0 Å².